The number of carbonyl (C=O) groups is 3. The second-order valence-electron chi connectivity index (χ2n) is 9.05. The van der Waals surface area contributed by atoms with Gasteiger partial charge in [-0.1, -0.05) is 12.1 Å². The number of rotatable bonds is 4. The van der Waals surface area contributed by atoms with Gasteiger partial charge in [0, 0.05) is 30.5 Å². The molecule has 0 bridgehead atoms. The van der Waals surface area contributed by atoms with Crippen LogP contribution in [0.4, 0.5) is 28.4 Å². The van der Waals surface area contributed by atoms with E-state index in [1.54, 1.807) is 6.92 Å². The summed E-state index contributed by atoms with van der Waals surface area (Å²) in [4.78, 5) is 41.9. The molecule has 0 radical (unpaired) electrons. The zero-order valence-electron chi connectivity index (χ0n) is 20.9. The first-order chi connectivity index (χ1) is 18.3. The van der Waals surface area contributed by atoms with Gasteiger partial charge in [0.25, 0.3) is 0 Å². The van der Waals surface area contributed by atoms with Crippen molar-refractivity contribution < 1.29 is 36.0 Å². The number of nitrogens with one attached hydrogen (secondary N) is 1. The number of nitrogens with zero attached hydrogens (tertiary/aromatic N) is 3. The molecule has 0 saturated carbocycles. The van der Waals surface area contributed by atoms with E-state index in [4.69, 9.17) is 0 Å². The van der Waals surface area contributed by atoms with Gasteiger partial charge in [-0.2, -0.15) is 18.4 Å². The monoisotopic (exact) mass is 560 g/mol. The lowest BCUT2D eigenvalue weighted by Gasteiger charge is -2.44. The van der Waals surface area contributed by atoms with Crippen molar-refractivity contribution in [3.05, 3.63) is 70.4 Å². The van der Waals surface area contributed by atoms with Gasteiger partial charge in [0.2, 0.25) is 0 Å². The molecule has 1 unspecified atom stereocenters. The van der Waals surface area contributed by atoms with Gasteiger partial charge in [-0.15, -0.1) is 0 Å². The van der Waals surface area contributed by atoms with E-state index in [-0.39, 0.29) is 52.4 Å². The summed E-state index contributed by atoms with van der Waals surface area (Å²) in [7, 11) is -4.03. The Balaban J connectivity index is 2.06. The maximum absolute atomic E-state index is 14.0. The summed E-state index contributed by atoms with van der Waals surface area (Å²) in [5, 5.41) is 11.8. The van der Waals surface area contributed by atoms with Crippen LogP contribution in [0.25, 0.3) is 0 Å². The summed E-state index contributed by atoms with van der Waals surface area (Å²) in [6.45, 7) is 1.64. The zero-order chi connectivity index (χ0) is 28.7. The molecule has 1 aliphatic carbocycles. The molecule has 2 aromatic carbocycles. The molecule has 0 fully saturated rings. The number of hydrogen-bond donors (Lipinski definition) is 1. The minimum Gasteiger partial charge on any atom is -0.338 e. The SMILES string of the molecule is CCNC(=O)N1C(=O)N(c2cccc(C(F)(F)F)c2)C2=C(C(=O)CCC2)C1c1ccc(C#N)cc1S(C)(=O)=O. The number of carbonyl (C=O) groups excluding carboxylic acids is 3. The quantitative estimate of drug-likeness (QED) is 0.578. The smallest absolute Gasteiger partial charge is 0.338 e. The van der Waals surface area contributed by atoms with Crippen LogP contribution in [0.3, 0.4) is 0 Å². The fourth-order valence-electron chi connectivity index (χ4n) is 4.83. The van der Waals surface area contributed by atoms with Gasteiger partial charge in [0.15, 0.2) is 15.6 Å². The highest BCUT2D eigenvalue weighted by Crippen LogP contribution is 2.46. The Bertz CT molecular complexity index is 1560. The fourth-order valence-corrected chi connectivity index (χ4v) is 5.77. The van der Waals surface area contributed by atoms with E-state index in [0.29, 0.717) is 11.3 Å². The number of ketones is 1. The summed E-state index contributed by atoms with van der Waals surface area (Å²) < 4.78 is 66.1. The van der Waals surface area contributed by atoms with Crippen molar-refractivity contribution in [2.45, 2.75) is 43.3 Å². The summed E-state index contributed by atoms with van der Waals surface area (Å²) in [5.74, 6) is -0.483. The van der Waals surface area contributed by atoms with Gasteiger partial charge in [-0.25, -0.2) is 22.9 Å². The molecule has 4 rings (SSSR count). The Hall–Kier alpha value is -4.18. The molecule has 4 amide bonds. The molecule has 2 aromatic rings. The van der Waals surface area contributed by atoms with E-state index in [1.165, 1.54) is 18.2 Å². The second kappa shape index (κ2) is 10.2. The lowest BCUT2D eigenvalue weighted by molar-refractivity contribution is -0.137. The number of hydrogen-bond acceptors (Lipinski definition) is 6. The third-order valence-electron chi connectivity index (χ3n) is 6.44. The highest BCUT2D eigenvalue weighted by Gasteiger charge is 2.48. The average Bonchev–Trinajstić information content (AvgIpc) is 2.87. The minimum atomic E-state index is -4.72. The van der Waals surface area contributed by atoms with E-state index in [2.05, 4.69) is 5.32 Å². The van der Waals surface area contributed by atoms with Gasteiger partial charge in [0.1, 0.15) is 6.04 Å². The van der Waals surface area contributed by atoms with Crippen LogP contribution in [0.2, 0.25) is 0 Å². The summed E-state index contributed by atoms with van der Waals surface area (Å²) in [5.41, 5.74) is -1.30. The van der Waals surface area contributed by atoms with Gasteiger partial charge in [-0.05, 0) is 55.7 Å². The van der Waals surface area contributed by atoms with Gasteiger partial charge < -0.3 is 5.32 Å². The molecular weight excluding hydrogens is 537 g/mol. The van der Waals surface area contributed by atoms with E-state index in [1.807, 2.05) is 6.07 Å². The van der Waals surface area contributed by atoms with Crippen LogP contribution in [0.15, 0.2) is 58.6 Å². The molecule has 39 heavy (non-hydrogen) atoms. The first kappa shape index (κ1) is 27.8. The Labute approximate surface area is 222 Å². The highest BCUT2D eigenvalue weighted by molar-refractivity contribution is 7.90. The number of allylic oxidation sites excluding steroid dienone is 1. The minimum absolute atomic E-state index is 0.000589. The predicted octanol–water partition coefficient (Wildman–Crippen LogP) is 4.70. The standard InChI is InChI=1S/C26H23F3N4O5S/c1-3-31-24(35)33-23(18-11-10-15(14-30)12-21(18)39(2,37)38)22-19(8-5-9-20(22)34)32(25(33)36)17-7-4-6-16(13-17)26(27,28)29/h4,6-7,10-13,23H,3,5,8-9H2,1-2H3,(H,31,35). The summed E-state index contributed by atoms with van der Waals surface area (Å²) in [6.07, 6.45) is -3.40. The molecule has 1 atom stereocenters. The number of benzene rings is 2. The maximum Gasteiger partial charge on any atom is 0.416 e. The molecule has 1 heterocycles. The van der Waals surface area contributed by atoms with Crippen molar-refractivity contribution in [3.63, 3.8) is 0 Å². The Morgan fingerprint density at radius 1 is 1.15 bits per heavy atom. The van der Waals surface area contributed by atoms with E-state index >= 15 is 0 Å². The molecule has 204 valence electrons. The van der Waals surface area contributed by atoms with Crippen molar-refractivity contribution in [2.75, 3.05) is 17.7 Å². The molecule has 1 N–H and O–H groups in total. The predicted molar refractivity (Wildman–Crippen MR) is 133 cm³/mol. The fraction of sp³-hybridized carbons (Fsp3) is 0.308. The molecule has 13 heteroatoms. The number of nitriles is 1. The zero-order valence-corrected chi connectivity index (χ0v) is 21.7. The highest BCUT2D eigenvalue weighted by atomic mass is 32.2. The van der Waals surface area contributed by atoms with Gasteiger partial charge in [-0.3, -0.25) is 9.69 Å². The molecule has 9 nitrogen and oxygen atoms in total. The molecule has 0 aromatic heterocycles. The van der Waals surface area contributed by atoms with Crippen LogP contribution < -0.4 is 10.2 Å². The Kier molecular flexibility index (Phi) is 7.27. The van der Waals surface area contributed by atoms with E-state index < -0.39 is 45.5 Å². The average molecular weight is 561 g/mol. The van der Waals surface area contributed by atoms with Gasteiger partial charge in [0.05, 0.1) is 27.8 Å². The molecule has 0 spiro atoms. The van der Waals surface area contributed by atoms with E-state index in [9.17, 15) is 41.2 Å². The molecule has 2 aliphatic rings. The molecule has 0 saturated heterocycles. The maximum atomic E-state index is 14.0. The number of alkyl halides is 3. The number of Topliss-reactive ketones (excluding diaryl/α,β-unsaturated/α-hetero) is 1. The van der Waals surface area contributed by atoms with Crippen molar-refractivity contribution >= 4 is 33.4 Å². The first-order valence-electron chi connectivity index (χ1n) is 11.9. The second-order valence-corrected chi connectivity index (χ2v) is 11.0. The van der Waals surface area contributed by atoms with Crippen LogP contribution in [0.1, 0.15) is 48.9 Å². The van der Waals surface area contributed by atoms with Crippen LogP contribution >= 0.6 is 0 Å². The van der Waals surface area contributed by atoms with Crippen molar-refractivity contribution in [1.82, 2.24) is 10.2 Å². The Morgan fingerprint density at radius 3 is 2.49 bits per heavy atom. The Morgan fingerprint density at radius 2 is 1.87 bits per heavy atom. The van der Waals surface area contributed by atoms with Crippen molar-refractivity contribution in [2.24, 2.45) is 0 Å². The van der Waals surface area contributed by atoms with Crippen LogP contribution in [0.5, 0.6) is 0 Å². The number of halogens is 3. The molecular formula is C26H23F3N4O5S. The van der Waals surface area contributed by atoms with Crippen LogP contribution in [0, 0.1) is 11.3 Å². The topological polar surface area (TPSA) is 128 Å². The number of anilines is 1. The van der Waals surface area contributed by atoms with E-state index in [0.717, 1.165) is 35.4 Å². The number of amides is 4. The van der Waals surface area contributed by atoms with Crippen LogP contribution in [-0.4, -0.2) is 44.0 Å². The normalized spacial score (nSPS) is 18.1. The summed E-state index contributed by atoms with van der Waals surface area (Å²) in [6, 6.07) is 5.94. The largest absolute Gasteiger partial charge is 0.416 e. The number of sulfone groups is 1. The number of imide groups is 1. The lowest BCUT2D eigenvalue weighted by Crippen LogP contribution is -2.56. The third-order valence-corrected chi connectivity index (χ3v) is 7.60. The number of urea groups is 2. The van der Waals surface area contributed by atoms with Crippen LogP contribution in [-0.2, 0) is 20.8 Å². The first-order valence-corrected chi connectivity index (χ1v) is 13.8. The van der Waals surface area contributed by atoms with Crippen molar-refractivity contribution in [3.8, 4) is 6.07 Å². The lowest BCUT2D eigenvalue weighted by atomic mass is 9.83. The summed E-state index contributed by atoms with van der Waals surface area (Å²) >= 11 is 0. The van der Waals surface area contributed by atoms with Crippen molar-refractivity contribution in [1.29, 1.82) is 5.26 Å². The van der Waals surface area contributed by atoms with Gasteiger partial charge >= 0.3 is 18.2 Å². The molecule has 1 aliphatic heterocycles. The third kappa shape index (κ3) is 5.12.